The summed E-state index contributed by atoms with van der Waals surface area (Å²) in [6, 6.07) is 19.3. The summed E-state index contributed by atoms with van der Waals surface area (Å²) in [5, 5.41) is 0. The van der Waals surface area contributed by atoms with Gasteiger partial charge in [0, 0.05) is 10.0 Å². The predicted molar refractivity (Wildman–Crippen MR) is 124 cm³/mol. The van der Waals surface area contributed by atoms with E-state index in [0.29, 0.717) is 34.6 Å². The molecule has 32 heavy (non-hydrogen) atoms. The number of hydrogen-bond donors (Lipinski definition) is 2. The van der Waals surface area contributed by atoms with Gasteiger partial charge in [0.05, 0.1) is 19.3 Å². The molecule has 0 aliphatic rings. The minimum Gasteiger partial charge on any atom is -0.497 e. The highest BCUT2D eigenvalue weighted by Gasteiger charge is 2.13. The van der Waals surface area contributed by atoms with E-state index in [2.05, 4.69) is 26.8 Å². The highest BCUT2D eigenvalue weighted by molar-refractivity contribution is 9.10. The van der Waals surface area contributed by atoms with E-state index >= 15 is 0 Å². The summed E-state index contributed by atoms with van der Waals surface area (Å²) < 4.78 is 16.9. The average Bonchev–Trinajstić information content (AvgIpc) is 2.82. The van der Waals surface area contributed by atoms with Crippen LogP contribution in [0, 0.1) is 0 Å². The second kappa shape index (κ2) is 11.2. The largest absolute Gasteiger partial charge is 0.497 e. The SMILES string of the molecule is CCOc1ccc(OCc2ccc(C(=O)NNC(=O)c3cc(OC)ccc3Br)cc2)cc1. The van der Waals surface area contributed by atoms with Crippen molar-refractivity contribution in [1.29, 1.82) is 0 Å². The Morgan fingerprint density at radius 2 is 1.41 bits per heavy atom. The van der Waals surface area contributed by atoms with Crippen LogP contribution in [0.2, 0.25) is 0 Å². The highest BCUT2D eigenvalue weighted by Crippen LogP contribution is 2.22. The Morgan fingerprint density at radius 3 is 2.03 bits per heavy atom. The van der Waals surface area contributed by atoms with E-state index in [1.54, 1.807) is 42.5 Å². The lowest BCUT2D eigenvalue weighted by molar-refractivity contribution is 0.0846. The summed E-state index contributed by atoms with van der Waals surface area (Å²) in [6.45, 7) is 2.90. The van der Waals surface area contributed by atoms with Gasteiger partial charge in [0.15, 0.2) is 0 Å². The molecule has 8 heteroatoms. The first-order valence-corrected chi connectivity index (χ1v) is 10.7. The van der Waals surface area contributed by atoms with E-state index in [4.69, 9.17) is 14.2 Å². The maximum atomic E-state index is 12.4. The molecule has 0 heterocycles. The fraction of sp³-hybridized carbons (Fsp3) is 0.167. The van der Waals surface area contributed by atoms with E-state index in [1.807, 2.05) is 31.2 Å². The van der Waals surface area contributed by atoms with Crippen LogP contribution in [0.15, 0.2) is 71.2 Å². The molecular formula is C24H23BrN2O5. The standard InChI is InChI=1S/C24H23BrN2O5/c1-3-31-18-8-10-19(11-9-18)32-15-16-4-6-17(7-5-16)23(28)26-27-24(29)21-14-20(30-2)12-13-22(21)25/h4-14H,3,15H2,1-2H3,(H,26,28)(H,27,29). The number of benzene rings is 3. The normalized spacial score (nSPS) is 10.2. The Labute approximate surface area is 194 Å². The molecule has 0 atom stereocenters. The molecule has 0 saturated carbocycles. The summed E-state index contributed by atoms with van der Waals surface area (Å²) in [5.41, 5.74) is 6.46. The third-order valence-electron chi connectivity index (χ3n) is 4.46. The predicted octanol–water partition coefficient (Wildman–Crippen LogP) is 4.51. The number of amides is 2. The second-order valence-corrected chi connectivity index (χ2v) is 7.50. The van der Waals surface area contributed by atoms with Gasteiger partial charge < -0.3 is 14.2 Å². The molecule has 0 bridgehead atoms. The van der Waals surface area contributed by atoms with Crippen molar-refractivity contribution in [3.05, 3.63) is 87.9 Å². The maximum absolute atomic E-state index is 12.4. The number of hydrazine groups is 1. The zero-order chi connectivity index (χ0) is 22.9. The van der Waals surface area contributed by atoms with Crippen LogP contribution in [0.3, 0.4) is 0 Å². The van der Waals surface area contributed by atoms with E-state index in [9.17, 15) is 9.59 Å². The van der Waals surface area contributed by atoms with Crippen LogP contribution in [0.25, 0.3) is 0 Å². The lowest BCUT2D eigenvalue weighted by Crippen LogP contribution is -2.41. The number of halogens is 1. The molecule has 3 aromatic rings. The number of carbonyl (C=O) groups excluding carboxylic acids is 2. The third kappa shape index (κ3) is 6.24. The fourth-order valence-electron chi connectivity index (χ4n) is 2.78. The molecular weight excluding hydrogens is 476 g/mol. The summed E-state index contributed by atoms with van der Waals surface area (Å²) in [6.07, 6.45) is 0. The molecule has 0 spiro atoms. The van der Waals surface area contributed by atoms with Gasteiger partial charge in [0.1, 0.15) is 23.9 Å². The monoisotopic (exact) mass is 498 g/mol. The number of nitrogens with one attached hydrogen (secondary N) is 2. The van der Waals surface area contributed by atoms with Gasteiger partial charge in [-0.2, -0.15) is 0 Å². The Balaban J connectivity index is 1.52. The average molecular weight is 499 g/mol. The van der Waals surface area contributed by atoms with Gasteiger partial charge in [-0.25, -0.2) is 0 Å². The van der Waals surface area contributed by atoms with E-state index in [-0.39, 0.29) is 0 Å². The van der Waals surface area contributed by atoms with Crippen molar-refractivity contribution in [1.82, 2.24) is 10.9 Å². The summed E-state index contributed by atoms with van der Waals surface area (Å²) in [5.74, 6) is 1.15. The van der Waals surface area contributed by atoms with Crippen molar-refractivity contribution in [3.63, 3.8) is 0 Å². The molecule has 0 unspecified atom stereocenters. The molecule has 166 valence electrons. The molecule has 3 rings (SSSR count). The summed E-state index contributed by atoms with van der Waals surface area (Å²) in [4.78, 5) is 24.7. The minimum atomic E-state index is -0.468. The molecule has 2 amide bonds. The molecule has 0 aromatic heterocycles. The first-order valence-electron chi connectivity index (χ1n) is 9.89. The van der Waals surface area contributed by atoms with Gasteiger partial charge in [0.2, 0.25) is 0 Å². The van der Waals surface area contributed by atoms with E-state index in [0.717, 1.165) is 17.1 Å². The molecule has 0 aliphatic heterocycles. The van der Waals surface area contributed by atoms with Crippen LogP contribution >= 0.6 is 15.9 Å². The molecule has 3 aromatic carbocycles. The smallest absolute Gasteiger partial charge is 0.270 e. The van der Waals surface area contributed by atoms with Crippen LogP contribution in [-0.2, 0) is 6.61 Å². The Bertz CT molecular complexity index is 1070. The Hall–Kier alpha value is -3.52. The van der Waals surface area contributed by atoms with E-state index < -0.39 is 11.8 Å². The molecule has 0 saturated heterocycles. The molecule has 0 fully saturated rings. The van der Waals surface area contributed by atoms with E-state index in [1.165, 1.54) is 7.11 Å². The maximum Gasteiger partial charge on any atom is 0.270 e. The summed E-state index contributed by atoms with van der Waals surface area (Å²) >= 11 is 3.31. The molecule has 7 nitrogen and oxygen atoms in total. The van der Waals surface area contributed by atoms with Crippen molar-refractivity contribution < 1.29 is 23.8 Å². The zero-order valence-corrected chi connectivity index (χ0v) is 19.3. The van der Waals surface area contributed by atoms with Crippen LogP contribution in [-0.4, -0.2) is 25.5 Å². The second-order valence-electron chi connectivity index (χ2n) is 6.64. The fourth-order valence-corrected chi connectivity index (χ4v) is 3.20. The third-order valence-corrected chi connectivity index (χ3v) is 5.16. The van der Waals surface area contributed by atoms with Gasteiger partial charge in [-0.15, -0.1) is 0 Å². The van der Waals surface area contributed by atoms with Gasteiger partial charge in [-0.1, -0.05) is 12.1 Å². The first-order chi connectivity index (χ1) is 15.5. The number of hydrogen-bond acceptors (Lipinski definition) is 5. The highest BCUT2D eigenvalue weighted by atomic mass is 79.9. The molecule has 2 N–H and O–H groups in total. The molecule has 0 radical (unpaired) electrons. The van der Waals surface area contributed by atoms with Crippen molar-refractivity contribution in [2.24, 2.45) is 0 Å². The van der Waals surface area contributed by atoms with Crippen LogP contribution in [0.5, 0.6) is 17.2 Å². The number of rotatable bonds is 8. The quantitative estimate of drug-likeness (QED) is 0.446. The number of carbonyl (C=O) groups is 2. The Morgan fingerprint density at radius 1 is 0.812 bits per heavy atom. The zero-order valence-electron chi connectivity index (χ0n) is 17.7. The van der Waals surface area contributed by atoms with Crippen molar-refractivity contribution in [3.8, 4) is 17.2 Å². The molecule has 0 aliphatic carbocycles. The first kappa shape index (κ1) is 23.1. The Kier molecular flexibility index (Phi) is 8.10. The van der Waals surface area contributed by atoms with Crippen molar-refractivity contribution in [2.45, 2.75) is 13.5 Å². The van der Waals surface area contributed by atoms with Crippen molar-refractivity contribution >= 4 is 27.7 Å². The van der Waals surface area contributed by atoms with Crippen molar-refractivity contribution in [2.75, 3.05) is 13.7 Å². The minimum absolute atomic E-state index is 0.339. The topological polar surface area (TPSA) is 85.9 Å². The van der Waals surface area contributed by atoms with Crippen LogP contribution < -0.4 is 25.1 Å². The van der Waals surface area contributed by atoms with Crippen LogP contribution in [0.4, 0.5) is 0 Å². The summed E-state index contributed by atoms with van der Waals surface area (Å²) in [7, 11) is 1.51. The lowest BCUT2D eigenvalue weighted by Gasteiger charge is -2.11. The van der Waals surface area contributed by atoms with Gasteiger partial charge in [0.25, 0.3) is 11.8 Å². The van der Waals surface area contributed by atoms with Gasteiger partial charge in [-0.3, -0.25) is 20.4 Å². The number of ether oxygens (including phenoxy) is 3. The number of methoxy groups -OCH3 is 1. The lowest BCUT2D eigenvalue weighted by atomic mass is 10.1. The van der Waals surface area contributed by atoms with Gasteiger partial charge in [-0.05, 0) is 83.0 Å². The van der Waals surface area contributed by atoms with Crippen LogP contribution in [0.1, 0.15) is 33.2 Å². The van der Waals surface area contributed by atoms with Gasteiger partial charge >= 0.3 is 0 Å².